The van der Waals surface area contributed by atoms with Crippen LogP contribution in [0.5, 0.6) is 34.5 Å². The van der Waals surface area contributed by atoms with Gasteiger partial charge in [-0.2, -0.15) is 0 Å². The number of likely N-dealkylation sites (tertiary alicyclic amines) is 3. The Morgan fingerprint density at radius 3 is 0.992 bits per heavy atom. The predicted octanol–water partition coefficient (Wildman–Crippen LogP) is 22.3. The average Bonchev–Trinajstić information content (AvgIpc) is 1.62. The summed E-state index contributed by atoms with van der Waals surface area (Å²) in [7, 11) is 0. The molecule has 6 aromatic carbocycles. The van der Waals surface area contributed by atoms with E-state index >= 15 is 0 Å². The van der Waals surface area contributed by atoms with Gasteiger partial charge < -0.3 is 82.6 Å². The van der Waals surface area contributed by atoms with Crippen molar-refractivity contribution in [3.63, 3.8) is 0 Å². The zero-order valence-corrected chi connectivity index (χ0v) is 75.7. The highest BCUT2D eigenvalue weighted by molar-refractivity contribution is 6.07. The van der Waals surface area contributed by atoms with Gasteiger partial charge in [-0.15, -0.1) is 0 Å². The summed E-state index contributed by atoms with van der Waals surface area (Å²) in [5.74, 6) is -6.81. The van der Waals surface area contributed by atoms with Crippen LogP contribution in [0.2, 0.25) is 0 Å². The van der Waals surface area contributed by atoms with E-state index in [9.17, 15) is 65.0 Å². The van der Waals surface area contributed by atoms with E-state index in [0.29, 0.717) is 127 Å². The fraction of sp³-hybridized carbons (Fsp3) is 0.439. The van der Waals surface area contributed by atoms with Gasteiger partial charge in [0.2, 0.25) is 0 Å². The van der Waals surface area contributed by atoms with Gasteiger partial charge in [0.05, 0.1) is 65.1 Å². The number of hydrogen-bond donors (Lipinski definition) is 4. The molecule has 3 atom stereocenters. The number of carbonyl (C=O) groups is 7. The molecule has 3 aliphatic heterocycles. The number of aliphatic hydroxyl groups excluding tert-OH is 1. The van der Waals surface area contributed by atoms with Gasteiger partial charge in [-0.3, -0.25) is 19.2 Å². The summed E-state index contributed by atoms with van der Waals surface area (Å²) >= 11 is 0. The molecule has 9 aromatic rings. The Morgan fingerprint density at radius 1 is 0.422 bits per heavy atom. The number of halogens is 6. The van der Waals surface area contributed by atoms with Gasteiger partial charge in [0.25, 0.3) is 17.7 Å². The van der Waals surface area contributed by atoms with Crippen LogP contribution in [0.15, 0.2) is 146 Å². The van der Waals surface area contributed by atoms with Crippen molar-refractivity contribution in [3.8, 4) is 67.9 Å². The summed E-state index contributed by atoms with van der Waals surface area (Å²) < 4.78 is 130. The number of benzene rings is 6. The molecule has 0 saturated carbocycles. The van der Waals surface area contributed by atoms with Gasteiger partial charge >= 0.3 is 18.3 Å². The Morgan fingerprint density at radius 2 is 0.703 bits per heavy atom. The van der Waals surface area contributed by atoms with Crippen molar-refractivity contribution >= 4 is 42.3 Å². The summed E-state index contributed by atoms with van der Waals surface area (Å²) in [6.45, 7) is 38.2. The Kier molecular flexibility index (Phi) is 32.2. The molecule has 0 radical (unpaired) electrons. The third kappa shape index (κ3) is 26.3. The Bertz CT molecular complexity index is 5360. The van der Waals surface area contributed by atoms with Gasteiger partial charge in [0.1, 0.15) is 34.1 Å². The van der Waals surface area contributed by atoms with Crippen LogP contribution in [0.25, 0.3) is 33.4 Å². The number of nitrogens with one attached hydrogen (secondary N) is 3. The lowest BCUT2D eigenvalue weighted by Crippen LogP contribution is -2.41. The summed E-state index contributed by atoms with van der Waals surface area (Å²) in [4.78, 5) is 96.5. The molecule has 128 heavy (non-hydrogen) atoms. The van der Waals surface area contributed by atoms with E-state index in [1.165, 1.54) is 30.3 Å². The second kappa shape index (κ2) is 41.4. The van der Waals surface area contributed by atoms with Crippen LogP contribution in [0.3, 0.4) is 0 Å². The molecule has 3 aliphatic rings. The molecular weight excluding hydrogens is 1660 g/mol. The molecule has 692 valence electrons. The molecule has 12 rings (SSSR count). The van der Waals surface area contributed by atoms with E-state index in [0.717, 1.165) is 49.2 Å². The van der Waals surface area contributed by atoms with E-state index < -0.39 is 110 Å². The normalized spacial score (nSPS) is 15.4. The molecule has 0 aliphatic carbocycles. The van der Waals surface area contributed by atoms with Crippen molar-refractivity contribution in [3.05, 3.63) is 215 Å². The highest BCUT2D eigenvalue weighted by Crippen LogP contribution is 2.42. The Labute approximate surface area is 747 Å². The number of ether oxygens (including phenoxy) is 7. The van der Waals surface area contributed by atoms with E-state index in [4.69, 9.17) is 33.2 Å². The number of carbonyl (C=O) groups excluding carboxylic acids is 7. The van der Waals surface area contributed by atoms with E-state index in [1.807, 2.05) is 115 Å². The molecule has 0 bridgehead atoms. The SMILES string of the molecule is C.CC(C)(C)NC(=O)c1c(-c2ccc(Oc3c(F)cccc3F)cc2)cn([C@@H]2CCN(C(=O)OC(C)(C)C)C2)c1C=O.CC(C)(C)NC(=O)c1c(-c2ccc(Oc3c(F)cccc3F)cc2)cn([C@@H]2CCN(C(=O)OC(C)(C)C)C2)c1CO.CCCCOCc1c(C(=O)NC(C)(C)C)c(-c2ccc(Oc3c(F)cccc3F)cc2)cn1[C@@H]1CCN(C(=O)OC(C)(C)C)C1.[2HH]. The van der Waals surface area contributed by atoms with Crippen molar-refractivity contribution in [2.24, 2.45) is 0 Å². The second-order valence-electron chi connectivity index (χ2n) is 37.7. The van der Waals surface area contributed by atoms with Crippen LogP contribution in [0.4, 0.5) is 40.7 Å². The molecule has 6 amide bonds. The molecule has 3 fully saturated rings. The van der Waals surface area contributed by atoms with E-state index in [-0.39, 0.29) is 80.0 Å². The highest BCUT2D eigenvalue weighted by Gasteiger charge is 2.39. The zero-order chi connectivity index (χ0) is 93.2. The van der Waals surface area contributed by atoms with Gasteiger partial charge in [-0.05, 0) is 240 Å². The monoisotopic (exact) mass is 1780 g/mol. The lowest BCUT2D eigenvalue weighted by Gasteiger charge is -2.25. The molecule has 3 aromatic heterocycles. The molecule has 6 heterocycles. The number of nitrogens with zero attached hydrogens (tertiary/aromatic N) is 6. The molecule has 30 heteroatoms. The fourth-order valence-electron chi connectivity index (χ4n) is 14.7. The zero-order valence-electron chi connectivity index (χ0n) is 75.7. The number of aromatic nitrogens is 3. The first-order valence-electron chi connectivity index (χ1n) is 42.4. The van der Waals surface area contributed by atoms with Crippen molar-refractivity contribution in [1.82, 2.24) is 44.4 Å². The Hall–Kier alpha value is -12.1. The molecule has 3 saturated heterocycles. The quantitative estimate of drug-likeness (QED) is 0.0213. The van der Waals surface area contributed by atoms with Gasteiger partial charge in [0.15, 0.2) is 58.4 Å². The third-order valence-corrected chi connectivity index (χ3v) is 20.2. The Balaban J connectivity index is 0.000000237. The van der Waals surface area contributed by atoms with Gasteiger partial charge in [-0.25, -0.2) is 40.7 Å². The van der Waals surface area contributed by atoms with Crippen molar-refractivity contribution < 1.29 is 99.6 Å². The van der Waals surface area contributed by atoms with Crippen LogP contribution in [0, 0.1) is 34.9 Å². The molecule has 4 N–H and O–H groups in total. The van der Waals surface area contributed by atoms with Gasteiger partial charge in [0, 0.05) is 99.2 Å². The average molecular weight is 1780 g/mol. The third-order valence-electron chi connectivity index (χ3n) is 20.2. The number of aliphatic hydroxyl groups is 1. The second-order valence-corrected chi connectivity index (χ2v) is 37.7. The van der Waals surface area contributed by atoms with E-state index in [1.54, 1.807) is 113 Å². The highest BCUT2D eigenvalue weighted by atomic mass is 19.2. The number of rotatable bonds is 22. The minimum absolute atomic E-state index is 0. The standard InChI is InChI=1S/C35H45F2N3O5.C31H37F2N3O5.C31H35F2N3O5.CH4.H2/c1-8-9-19-43-22-29-30(32(41)38-34(2,3)4)26(21-40(29)24-17-18-39(20-24)33(42)45-35(5,6)7)23-13-15-25(16-14-23)44-31-27(36)11-10-12-28(31)37;2*1-30(2,3)34-28(38)26-22(19-10-12-21(13-11-19)40-27-23(32)8-7-9-24(27)33)17-36(25(26)18-37)20-14-15-35(16-20)29(39)41-31(4,5)6;;/h10-16,21,24H,8-9,17-20,22H2,1-7H3,(H,38,41);7-13,17,20,37H,14-16,18H2,1-6H3,(H,34,38);7-13,17-18,20H,14-16H2,1-6H3,(H,34,38);1H4;1H/t24-;2*20-;;/m111../s1/i;;;;1+1. The first-order chi connectivity index (χ1) is 59.5. The lowest BCUT2D eigenvalue weighted by atomic mass is 10.0. The smallest absolute Gasteiger partial charge is 0.410 e. The number of amides is 6. The maximum atomic E-state index is 14.2. The number of unbranched alkanes of at least 4 members (excludes halogenated alkanes) is 1. The lowest BCUT2D eigenvalue weighted by molar-refractivity contribution is 0.0278. The summed E-state index contributed by atoms with van der Waals surface area (Å²) in [5, 5.41) is 19.5. The minimum atomic E-state index is -0.833. The number of aldehydes is 1. The first kappa shape index (κ1) is 99.7. The van der Waals surface area contributed by atoms with Crippen LogP contribution in [-0.4, -0.2) is 155 Å². The van der Waals surface area contributed by atoms with Crippen LogP contribution in [-0.2, 0) is 32.2 Å². The van der Waals surface area contributed by atoms with Crippen LogP contribution >= 0.6 is 0 Å². The predicted molar refractivity (Wildman–Crippen MR) is 480 cm³/mol. The van der Waals surface area contributed by atoms with Crippen molar-refractivity contribution in [1.29, 1.82) is 0 Å². The summed E-state index contributed by atoms with van der Waals surface area (Å²) in [5.41, 5.74) is 2.50. The maximum absolute atomic E-state index is 14.2. The molecule has 24 nitrogen and oxygen atoms in total. The largest absolute Gasteiger partial charge is 0.451 e. The topological polar surface area (TPSA) is 265 Å². The van der Waals surface area contributed by atoms with Crippen molar-refractivity contribution in [2.45, 2.75) is 236 Å². The maximum Gasteiger partial charge on any atom is 0.410 e. The summed E-state index contributed by atoms with van der Waals surface area (Å²) in [6.07, 6.45) is 8.62. The van der Waals surface area contributed by atoms with E-state index in [2.05, 4.69) is 27.4 Å². The van der Waals surface area contributed by atoms with Crippen molar-refractivity contribution in [2.75, 3.05) is 45.9 Å². The van der Waals surface area contributed by atoms with Crippen LogP contribution < -0.4 is 30.2 Å². The van der Waals surface area contributed by atoms with Crippen LogP contribution in [0.1, 0.15) is 244 Å². The number of hydrogen-bond acceptors (Lipinski definition) is 15. The van der Waals surface area contributed by atoms with Gasteiger partial charge in [-0.1, -0.05) is 75.4 Å². The summed E-state index contributed by atoms with van der Waals surface area (Å²) in [6, 6.07) is 29.5. The molecule has 0 spiro atoms. The first-order valence-corrected chi connectivity index (χ1v) is 42.4. The molecule has 0 unspecified atom stereocenters. The fourth-order valence-corrected chi connectivity index (χ4v) is 14.7. The molecular formula is C98H123F6N9O15. The number of para-hydroxylation sites is 3. The minimum Gasteiger partial charge on any atom is -0.451 e.